The highest BCUT2D eigenvalue weighted by molar-refractivity contribution is 5.36. The molecule has 2 rings (SSSR count). The van der Waals surface area contributed by atoms with Crippen molar-refractivity contribution in [3.05, 3.63) is 42.0 Å². The summed E-state index contributed by atoms with van der Waals surface area (Å²) in [7, 11) is 1.96. The Balaban J connectivity index is 1.92. The summed E-state index contributed by atoms with van der Waals surface area (Å²) in [6.07, 6.45) is 4.43. The van der Waals surface area contributed by atoms with E-state index < -0.39 is 0 Å². The average Bonchev–Trinajstić information content (AvgIpc) is 2.63. The number of imidazole rings is 1. The molecule has 0 unspecified atom stereocenters. The van der Waals surface area contributed by atoms with E-state index in [2.05, 4.69) is 4.98 Å². The van der Waals surface area contributed by atoms with Crippen LogP contribution in [0.5, 0.6) is 11.5 Å². The Morgan fingerprint density at radius 3 is 2.82 bits per heavy atom. The van der Waals surface area contributed by atoms with Crippen LogP contribution in [0.25, 0.3) is 0 Å². The van der Waals surface area contributed by atoms with Gasteiger partial charge in [0.2, 0.25) is 0 Å². The number of rotatable bonds is 4. The third-order valence-electron chi connectivity index (χ3n) is 2.55. The van der Waals surface area contributed by atoms with Gasteiger partial charge in [-0.05, 0) is 24.6 Å². The highest BCUT2D eigenvalue weighted by atomic mass is 16.5. The summed E-state index contributed by atoms with van der Waals surface area (Å²) in [5.74, 6) is 1.91. The van der Waals surface area contributed by atoms with Crippen molar-refractivity contribution < 1.29 is 9.84 Å². The highest BCUT2D eigenvalue weighted by Gasteiger charge is 2.01. The maximum atomic E-state index is 9.42. The fourth-order valence-electron chi connectivity index (χ4n) is 1.71. The van der Waals surface area contributed by atoms with Crippen LogP contribution in [-0.2, 0) is 13.5 Å². The zero-order valence-electron chi connectivity index (χ0n) is 10.1. The Morgan fingerprint density at radius 1 is 1.35 bits per heavy atom. The summed E-state index contributed by atoms with van der Waals surface area (Å²) in [5, 5.41) is 9.42. The molecule has 0 amide bonds. The van der Waals surface area contributed by atoms with Crippen molar-refractivity contribution in [1.82, 2.24) is 9.55 Å². The van der Waals surface area contributed by atoms with Crippen LogP contribution in [0.15, 0.2) is 30.6 Å². The van der Waals surface area contributed by atoms with E-state index >= 15 is 0 Å². The standard InChI is InChI=1S/C13H16N2O2/c1-10-7-11(16)9-12(8-10)17-6-3-13-14-4-5-15(13)2/h4-5,7-9,16H,3,6H2,1-2H3. The number of aromatic hydroxyl groups is 1. The zero-order chi connectivity index (χ0) is 12.3. The summed E-state index contributed by atoms with van der Waals surface area (Å²) >= 11 is 0. The summed E-state index contributed by atoms with van der Waals surface area (Å²) < 4.78 is 7.55. The first-order valence-corrected chi connectivity index (χ1v) is 5.55. The normalized spacial score (nSPS) is 10.5. The van der Waals surface area contributed by atoms with Crippen molar-refractivity contribution in [3.63, 3.8) is 0 Å². The van der Waals surface area contributed by atoms with Crippen molar-refractivity contribution in [2.24, 2.45) is 7.05 Å². The number of nitrogens with zero attached hydrogens (tertiary/aromatic N) is 2. The van der Waals surface area contributed by atoms with Crippen LogP contribution in [0.3, 0.4) is 0 Å². The van der Waals surface area contributed by atoms with Gasteiger partial charge in [-0.3, -0.25) is 0 Å². The second-order valence-electron chi connectivity index (χ2n) is 4.06. The van der Waals surface area contributed by atoms with E-state index in [9.17, 15) is 5.11 Å². The lowest BCUT2D eigenvalue weighted by Gasteiger charge is -2.07. The quantitative estimate of drug-likeness (QED) is 0.877. The molecule has 1 aromatic carbocycles. The van der Waals surface area contributed by atoms with E-state index in [4.69, 9.17) is 4.74 Å². The monoisotopic (exact) mass is 232 g/mol. The van der Waals surface area contributed by atoms with Gasteiger partial charge in [0.15, 0.2) is 0 Å². The molecule has 0 aliphatic carbocycles. The van der Waals surface area contributed by atoms with Gasteiger partial charge in [-0.25, -0.2) is 4.98 Å². The van der Waals surface area contributed by atoms with Crippen molar-refractivity contribution in [1.29, 1.82) is 0 Å². The van der Waals surface area contributed by atoms with Crippen molar-refractivity contribution >= 4 is 0 Å². The Kier molecular flexibility index (Phi) is 3.32. The number of hydrogen-bond acceptors (Lipinski definition) is 3. The van der Waals surface area contributed by atoms with Gasteiger partial charge in [-0.2, -0.15) is 0 Å². The fourth-order valence-corrected chi connectivity index (χ4v) is 1.71. The molecule has 0 bridgehead atoms. The molecule has 0 saturated heterocycles. The van der Waals surface area contributed by atoms with Gasteiger partial charge in [-0.15, -0.1) is 0 Å². The lowest BCUT2D eigenvalue weighted by Crippen LogP contribution is -2.06. The summed E-state index contributed by atoms with van der Waals surface area (Å²) in [5.41, 5.74) is 0.983. The van der Waals surface area contributed by atoms with E-state index in [1.165, 1.54) is 0 Å². The molecular formula is C13H16N2O2. The minimum Gasteiger partial charge on any atom is -0.508 e. The smallest absolute Gasteiger partial charge is 0.123 e. The predicted molar refractivity (Wildman–Crippen MR) is 65.3 cm³/mol. The Morgan fingerprint density at radius 2 is 2.18 bits per heavy atom. The van der Waals surface area contributed by atoms with Crippen LogP contribution < -0.4 is 4.74 Å². The van der Waals surface area contributed by atoms with Gasteiger partial charge in [0.05, 0.1) is 6.61 Å². The molecule has 1 N–H and O–H groups in total. The van der Waals surface area contributed by atoms with Crippen molar-refractivity contribution in [2.75, 3.05) is 6.61 Å². The minimum absolute atomic E-state index is 0.233. The number of aromatic nitrogens is 2. The van der Waals surface area contributed by atoms with Gasteiger partial charge < -0.3 is 14.4 Å². The zero-order valence-corrected chi connectivity index (χ0v) is 10.1. The van der Waals surface area contributed by atoms with Crippen LogP contribution in [0.2, 0.25) is 0 Å². The highest BCUT2D eigenvalue weighted by Crippen LogP contribution is 2.21. The fraction of sp³-hybridized carbons (Fsp3) is 0.308. The molecule has 4 heteroatoms. The SMILES string of the molecule is Cc1cc(O)cc(OCCc2nccn2C)c1. The first kappa shape index (κ1) is 11.5. The third kappa shape index (κ3) is 3.00. The lowest BCUT2D eigenvalue weighted by atomic mass is 10.2. The molecule has 0 radical (unpaired) electrons. The lowest BCUT2D eigenvalue weighted by molar-refractivity contribution is 0.315. The largest absolute Gasteiger partial charge is 0.508 e. The number of benzene rings is 1. The Labute approximate surface area is 100 Å². The van der Waals surface area contributed by atoms with Gasteiger partial charge in [0.25, 0.3) is 0 Å². The molecule has 2 aromatic rings. The van der Waals surface area contributed by atoms with Gasteiger partial charge >= 0.3 is 0 Å². The van der Waals surface area contributed by atoms with Crippen LogP contribution >= 0.6 is 0 Å². The van der Waals surface area contributed by atoms with E-state index in [0.717, 1.165) is 17.8 Å². The number of aryl methyl sites for hydroxylation is 2. The molecule has 1 aromatic heterocycles. The van der Waals surface area contributed by atoms with Gasteiger partial charge in [0.1, 0.15) is 17.3 Å². The molecule has 1 heterocycles. The molecule has 0 fully saturated rings. The number of ether oxygens (including phenoxy) is 1. The van der Waals surface area contributed by atoms with Crippen LogP contribution in [0.4, 0.5) is 0 Å². The third-order valence-corrected chi connectivity index (χ3v) is 2.55. The van der Waals surface area contributed by atoms with Gasteiger partial charge in [0, 0.05) is 31.9 Å². The number of phenols is 1. The van der Waals surface area contributed by atoms with Crippen molar-refractivity contribution in [3.8, 4) is 11.5 Å². The van der Waals surface area contributed by atoms with Crippen LogP contribution in [0, 0.1) is 6.92 Å². The van der Waals surface area contributed by atoms with E-state index in [1.54, 1.807) is 18.3 Å². The number of phenolic OH excluding ortho intramolecular Hbond substituents is 1. The molecular weight excluding hydrogens is 216 g/mol. The second kappa shape index (κ2) is 4.91. The first-order valence-electron chi connectivity index (χ1n) is 5.55. The molecule has 0 saturated carbocycles. The summed E-state index contributed by atoms with van der Waals surface area (Å²) in [6.45, 7) is 2.47. The van der Waals surface area contributed by atoms with Crippen LogP contribution in [0.1, 0.15) is 11.4 Å². The first-order chi connectivity index (χ1) is 8.15. The van der Waals surface area contributed by atoms with E-state index in [1.807, 2.05) is 30.8 Å². The predicted octanol–water partition coefficient (Wildman–Crippen LogP) is 2.06. The molecule has 4 nitrogen and oxygen atoms in total. The van der Waals surface area contributed by atoms with Gasteiger partial charge in [-0.1, -0.05) is 0 Å². The number of hydrogen-bond donors (Lipinski definition) is 1. The molecule has 17 heavy (non-hydrogen) atoms. The summed E-state index contributed by atoms with van der Waals surface area (Å²) in [4.78, 5) is 4.22. The molecule has 0 aliphatic rings. The van der Waals surface area contributed by atoms with E-state index in [-0.39, 0.29) is 5.75 Å². The summed E-state index contributed by atoms with van der Waals surface area (Å²) in [6, 6.07) is 5.22. The molecule has 0 spiro atoms. The molecule has 0 aliphatic heterocycles. The Bertz CT molecular complexity index is 486. The van der Waals surface area contributed by atoms with Crippen molar-refractivity contribution in [2.45, 2.75) is 13.3 Å². The molecule has 90 valence electrons. The van der Waals surface area contributed by atoms with Crippen LogP contribution in [-0.4, -0.2) is 21.3 Å². The van der Waals surface area contributed by atoms with E-state index in [0.29, 0.717) is 12.4 Å². The maximum Gasteiger partial charge on any atom is 0.123 e. The minimum atomic E-state index is 0.233. The average molecular weight is 232 g/mol. The molecule has 0 atom stereocenters. The second-order valence-corrected chi connectivity index (χ2v) is 4.06. The topological polar surface area (TPSA) is 47.3 Å². The maximum absolute atomic E-state index is 9.42. The Hall–Kier alpha value is -1.97.